The number of methoxy groups -OCH3 is 1. The van der Waals surface area contributed by atoms with E-state index in [0.717, 1.165) is 22.4 Å². The lowest BCUT2D eigenvalue weighted by Gasteiger charge is -2.15. The van der Waals surface area contributed by atoms with Crippen molar-refractivity contribution in [3.05, 3.63) is 65.6 Å². The molecule has 0 fully saturated rings. The van der Waals surface area contributed by atoms with Gasteiger partial charge in [0, 0.05) is 34.1 Å². The molecular weight excluding hydrogens is 398 g/mol. The van der Waals surface area contributed by atoms with Gasteiger partial charge in [-0.1, -0.05) is 24.3 Å². The van der Waals surface area contributed by atoms with Crippen LogP contribution < -0.4 is 5.32 Å². The SMILES string of the molecule is C/C=C(/C)C(=O)O[C@@H](C)c1nc(C(=O)N/C=C\C(=O)OC)cc2c1[nH]c1ccccc12. The average Bonchev–Trinajstić information content (AvgIpc) is 3.16. The third-order valence-electron chi connectivity index (χ3n) is 4.82. The second kappa shape index (κ2) is 9.25. The largest absolute Gasteiger partial charge is 0.466 e. The number of hydrogen-bond donors (Lipinski definition) is 2. The topological polar surface area (TPSA) is 110 Å². The number of ether oxygens (including phenoxy) is 2. The Morgan fingerprint density at radius 2 is 1.94 bits per heavy atom. The summed E-state index contributed by atoms with van der Waals surface area (Å²) in [7, 11) is 1.24. The number of H-pyrrole nitrogens is 1. The first-order valence-electron chi connectivity index (χ1n) is 9.66. The molecule has 2 aromatic heterocycles. The molecule has 0 bridgehead atoms. The number of amides is 1. The number of rotatable bonds is 6. The summed E-state index contributed by atoms with van der Waals surface area (Å²) in [5, 5.41) is 4.17. The van der Waals surface area contributed by atoms with Crippen LogP contribution in [0.1, 0.15) is 43.1 Å². The van der Waals surface area contributed by atoms with Crippen LogP contribution >= 0.6 is 0 Å². The summed E-state index contributed by atoms with van der Waals surface area (Å²) in [5.41, 5.74) is 2.57. The Morgan fingerprint density at radius 1 is 1.19 bits per heavy atom. The van der Waals surface area contributed by atoms with Crippen LogP contribution in [0.3, 0.4) is 0 Å². The van der Waals surface area contributed by atoms with E-state index in [4.69, 9.17) is 4.74 Å². The van der Waals surface area contributed by atoms with Crippen LogP contribution in [0.4, 0.5) is 0 Å². The number of esters is 2. The second-order valence-corrected chi connectivity index (χ2v) is 6.84. The Morgan fingerprint density at radius 3 is 2.65 bits per heavy atom. The first-order chi connectivity index (χ1) is 14.8. The predicted octanol–water partition coefficient (Wildman–Crippen LogP) is 3.70. The van der Waals surface area contributed by atoms with Gasteiger partial charge in [0.15, 0.2) is 0 Å². The summed E-state index contributed by atoms with van der Waals surface area (Å²) in [6.45, 7) is 5.12. The van der Waals surface area contributed by atoms with E-state index in [2.05, 4.69) is 20.0 Å². The highest BCUT2D eigenvalue weighted by Crippen LogP contribution is 2.31. The molecule has 3 aromatic rings. The van der Waals surface area contributed by atoms with Crippen molar-refractivity contribution in [3.8, 4) is 0 Å². The maximum absolute atomic E-state index is 12.7. The van der Waals surface area contributed by atoms with E-state index in [1.807, 2.05) is 24.3 Å². The number of aromatic amines is 1. The number of aromatic nitrogens is 2. The lowest BCUT2D eigenvalue weighted by Crippen LogP contribution is -2.20. The van der Waals surface area contributed by atoms with Gasteiger partial charge in [0.05, 0.1) is 12.6 Å². The van der Waals surface area contributed by atoms with Crippen LogP contribution in [0.2, 0.25) is 0 Å². The molecule has 3 rings (SSSR count). The Kier molecular flexibility index (Phi) is 6.49. The van der Waals surface area contributed by atoms with E-state index in [0.29, 0.717) is 16.8 Å². The summed E-state index contributed by atoms with van der Waals surface area (Å²) in [4.78, 5) is 43.9. The monoisotopic (exact) mass is 421 g/mol. The molecule has 8 heteroatoms. The van der Waals surface area contributed by atoms with Gasteiger partial charge in [-0.3, -0.25) is 4.79 Å². The average molecular weight is 421 g/mol. The lowest BCUT2D eigenvalue weighted by molar-refractivity contribution is -0.143. The fraction of sp³-hybridized carbons (Fsp3) is 0.217. The number of pyridine rings is 1. The molecular formula is C23H23N3O5. The number of carbonyl (C=O) groups is 3. The van der Waals surface area contributed by atoms with Gasteiger partial charge in [-0.2, -0.15) is 0 Å². The molecule has 31 heavy (non-hydrogen) atoms. The van der Waals surface area contributed by atoms with Gasteiger partial charge in [-0.05, 0) is 32.9 Å². The maximum atomic E-state index is 12.7. The summed E-state index contributed by atoms with van der Waals surface area (Å²) < 4.78 is 10.1. The van der Waals surface area contributed by atoms with Crippen molar-refractivity contribution in [2.45, 2.75) is 26.9 Å². The van der Waals surface area contributed by atoms with Crippen LogP contribution in [0.15, 0.2) is 54.3 Å². The summed E-state index contributed by atoms with van der Waals surface area (Å²) >= 11 is 0. The highest BCUT2D eigenvalue weighted by molar-refractivity contribution is 6.10. The number of nitrogens with one attached hydrogen (secondary N) is 2. The lowest BCUT2D eigenvalue weighted by atomic mass is 10.1. The molecule has 160 valence electrons. The number of fused-ring (bicyclic) bond motifs is 3. The molecule has 0 saturated heterocycles. The maximum Gasteiger partial charge on any atom is 0.334 e. The number of nitrogens with zero attached hydrogens (tertiary/aromatic N) is 1. The minimum Gasteiger partial charge on any atom is -0.466 e. The summed E-state index contributed by atoms with van der Waals surface area (Å²) in [5.74, 6) is -1.57. The number of allylic oxidation sites excluding steroid dienone is 1. The fourth-order valence-corrected chi connectivity index (χ4v) is 3.04. The van der Waals surface area contributed by atoms with Crippen LogP contribution in [0.5, 0.6) is 0 Å². The smallest absolute Gasteiger partial charge is 0.334 e. The Hall–Kier alpha value is -3.94. The van der Waals surface area contributed by atoms with Gasteiger partial charge in [-0.25, -0.2) is 14.6 Å². The Labute approximate surface area is 178 Å². The molecule has 0 aliphatic rings. The highest BCUT2D eigenvalue weighted by atomic mass is 16.5. The Balaban J connectivity index is 2.06. The van der Waals surface area contributed by atoms with Gasteiger partial charge >= 0.3 is 11.9 Å². The van der Waals surface area contributed by atoms with Gasteiger partial charge < -0.3 is 19.8 Å². The zero-order valence-electron chi connectivity index (χ0n) is 17.7. The molecule has 0 unspecified atom stereocenters. The molecule has 8 nitrogen and oxygen atoms in total. The number of benzene rings is 1. The van der Waals surface area contributed by atoms with E-state index in [1.165, 1.54) is 13.3 Å². The van der Waals surface area contributed by atoms with Crippen molar-refractivity contribution in [2.75, 3.05) is 7.11 Å². The predicted molar refractivity (Wildman–Crippen MR) is 116 cm³/mol. The van der Waals surface area contributed by atoms with Gasteiger partial charge in [0.1, 0.15) is 17.5 Å². The summed E-state index contributed by atoms with van der Waals surface area (Å²) in [6, 6.07) is 9.29. The molecule has 0 aliphatic carbocycles. The third kappa shape index (κ3) is 4.63. The number of para-hydroxylation sites is 1. The number of carbonyl (C=O) groups excluding carboxylic acids is 3. The quantitative estimate of drug-likeness (QED) is 0.464. The molecule has 0 radical (unpaired) electrons. The van der Waals surface area contributed by atoms with E-state index in [9.17, 15) is 14.4 Å². The van der Waals surface area contributed by atoms with Crippen molar-refractivity contribution in [1.29, 1.82) is 0 Å². The van der Waals surface area contributed by atoms with Crippen LogP contribution in [-0.2, 0) is 19.1 Å². The molecule has 1 amide bonds. The van der Waals surface area contributed by atoms with Crippen molar-refractivity contribution in [1.82, 2.24) is 15.3 Å². The van der Waals surface area contributed by atoms with Crippen LogP contribution in [-0.4, -0.2) is 34.9 Å². The molecule has 1 atom stereocenters. The van der Waals surface area contributed by atoms with Crippen molar-refractivity contribution >= 4 is 39.7 Å². The highest BCUT2D eigenvalue weighted by Gasteiger charge is 2.22. The zero-order valence-corrected chi connectivity index (χ0v) is 17.7. The first kappa shape index (κ1) is 21.8. The second-order valence-electron chi connectivity index (χ2n) is 6.84. The molecule has 0 saturated carbocycles. The molecule has 2 N–H and O–H groups in total. The standard InChI is InChI=1S/C23H23N3O5/c1-5-13(2)23(29)31-14(3)20-21-16(15-8-6-7-9-17(15)25-21)12-18(26-20)22(28)24-11-10-19(27)30-4/h5-12,14,25H,1-4H3,(H,24,28)/b11-10-,13-5-/t14-/m0/s1. The zero-order chi connectivity index (χ0) is 22.5. The third-order valence-corrected chi connectivity index (χ3v) is 4.82. The van der Waals surface area contributed by atoms with E-state index < -0.39 is 23.9 Å². The molecule has 0 spiro atoms. The Bertz CT molecular complexity index is 1220. The van der Waals surface area contributed by atoms with Gasteiger partial charge in [0.25, 0.3) is 5.91 Å². The minimum absolute atomic E-state index is 0.118. The normalized spacial score (nSPS) is 12.8. The fourth-order valence-electron chi connectivity index (χ4n) is 3.04. The molecule has 1 aromatic carbocycles. The first-order valence-corrected chi connectivity index (χ1v) is 9.66. The van der Waals surface area contributed by atoms with Gasteiger partial charge in [0.2, 0.25) is 0 Å². The molecule has 2 heterocycles. The van der Waals surface area contributed by atoms with Gasteiger partial charge in [-0.15, -0.1) is 0 Å². The van der Waals surface area contributed by atoms with Crippen LogP contribution in [0, 0.1) is 0 Å². The van der Waals surface area contributed by atoms with Crippen molar-refractivity contribution in [3.63, 3.8) is 0 Å². The van der Waals surface area contributed by atoms with E-state index in [1.54, 1.807) is 32.9 Å². The summed E-state index contributed by atoms with van der Waals surface area (Å²) in [6.07, 6.45) is 3.23. The van der Waals surface area contributed by atoms with Crippen LogP contribution in [0.25, 0.3) is 21.8 Å². The van der Waals surface area contributed by atoms with E-state index in [-0.39, 0.29) is 5.69 Å². The minimum atomic E-state index is -0.712. The van der Waals surface area contributed by atoms with E-state index >= 15 is 0 Å². The van der Waals surface area contributed by atoms with Crippen molar-refractivity contribution < 1.29 is 23.9 Å². The number of hydrogen-bond acceptors (Lipinski definition) is 6. The molecule has 0 aliphatic heterocycles. The van der Waals surface area contributed by atoms with Crippen molar-refractivity contribution in [2.24, 2.45) is 0 Å².